The molecule has 0 spiro atoms. The van der Waals surface area contributed by atoms with Crippen molar-refractivity contribution in [1.82, 2.24) is 16.0 Å². The fourth-order valence-electron chi connectivity index (χ4n) is 2.94. The van der Waals surface area contributed by atoms with Crippen molar-refractivity contribution in [1.29, 1.82) is 0 Å². The van der Waals surface area contributed by atoms with Gasteiger partial charge in [-0.15, -0.1) is 0 Å². The molecule has 0 aliphatic heterocycles. The van der Waals surface area contributed by atoms with E-state index in [9.17, 15) is 24.0 Å². The second-order valence-electron chi connectivity index (χ2n) is 7.90. The average molecular weight is 465 g/mol. The number of carboxylic acids is 2. The van der Waals surface area contributed by atoms with Crippen molar-refractivity contribution in [2.45, 2.75) is 64.2 Å². The highest BCUT2D eigenvalue weighted by atomic mass is 16.4. The molecule has 0 saturated heterocycles. The zero-order chi connectivity index (χ0) is 25.1. The maximum atomic E-state index is 13.1. The van der Waals surface area contributed by atoms with E-state index in [0.717, 1.165) is 5.56 Å². The number of carbonyl (C=O) groups is 5. The Kier molecular flexibility index (Phi) is 11.0. The van der Waals surface area contributed by atoms with E-state index in [1.54, 1.807) is 44.2 Å². The largest absolute Gasteiger partial charge is 0.481 e. The molecule has 3 amide bonds. The molecule has 0 bridgehead atoms. The molecule has 1 rings (SSSR count). The van der Waals surface area contributed by atoms with E-state index in [2.05, 4.69) is 16.0 Å². The van der Waals surface area contributed by atoms with Crippen molar-refractivity contribution in [3.8, 4) is 0 Å². The van der Waals surface area contributed by atoms with Crippen LogP contribution in [0.1, 0.15) is 39.2 Å². The summed E-state index contributed by atoms with van der Waals surface area (Å²) in [6.07, 6.45) is -0.0185. The fourth-order valence-corrected chi connectivity index (χ4v) is 2.94. The number of rotatable bonds is 13. The van der Waals surface area contributed by atoms with Gasteiger partial charge in [0.05, 0.1) is 12.5 Å². The van der Waals surface area contributed by atoms with Crippen molar-refractivity contribution in [3.05, 3.63) is 35.9 Å². The molecule has 0 heterocycles. The summed E-state index contributed by atoms with van der Waals surface area (Å²) in [5.74, 6) is -5.01. The minimum atomic E-state index is -1.35. The van der Waals surface area contributed by atoms with Crippen molar-refractivity contribution < 1.29 is 34.2 Å². The molecule has 7 N–H and O–H groups in total. The Bertz CT molecular complexity index is 846. The first-order valence-corrected chi connectivity index (χ1v) is 10.6. The van der Waals surface area contributed by atoms with Crippen LogP contribution in [-0.2, 0) is 30.4 Å². The monoisotopic (exact) mass is 464 g/mol. The van der Waals surface area contributed by atoms with Crippen LogP contribution in [0.3, 0.4) is 0 Å². The Balaban J connectivity index is 3.07. The topological polar surface area (TPSA) is 188 Å². The summed E-state index contributed by atoms with van der Waals surface area (Å²) in [4.78, 5) is 60.1. The van der Waals surface area contributed by atoms with Gasteiger partial charge in [-0.3, -0.25) is 24.0 Å². The standard InChI is InChI=1S/C22H32N4O7/c1-4-12(2)18(26-19(29)15(23)11-17(27)28)21(31)25-16(10-14-8-6-5-7-9-14)20(30)24-13(3)22(32)33/h5-9,12-13,15-16,18H,4,10-11,23H2,1-3H3,(H,24,30)(H,25,31)(H,26,29)(H,27,28)(H,32,33). The number of amides is 3. The van der Waals surface area contributed by atoms with Crippen molar-refractivity contribution in [2.24, 2.45) is 11.7 Å². The fraction of sp³-hybridized carbons (Fsp3) is 0.500. The molecule has 0 aliphatic rings. The van der Waals surface area contributed by atoms with E-state index in [1.807, 2.05) is 0 Å². The van der Waals surface area contributed by atoms with Crippen LogP contribution in [0.15, 0.2) is 30.3 Å². The van der Waals surface area contributed by atoms with Crippen molar-refractivity contribution in [2.75, 3.05) is 0 Å². The maximum Gasteiger partial charge on any atom is 0.325 e. The molecule has 0 saturated carbocycles. The molecule has 11 heteroatoms. The minimum Gasteiger partial charge on any atom is -0.481 e. The molecule has 1 aromatic rings. The Morgan fingerprint density at radius 1 is 0.909 bits per heavy atom. The minimum absolute atomic E-state index is 0.0878. The van der Waals surface area contributed by atoms with Gasteiger partial charge in [-0.25, -0.2) is 0 Å². The van der Waals surface area contributed by atoms with E-state index >= 15 is 0 Å². The van der Waals surface area contributed by atoms with E-state index in [1.165, 1.54) is 6.92 Å². The van der Waals surface area contributed by atoms with Crippen LogP contribution in [0.4, 0.5) is 0 Å². The molecule has 1 aromatic carbocycles. The van der Waals surface area contributed by atoms with Crippen LogP contribution in [0.2, 0.25) is 0 Å². The molecule has 33 heavy (non-hydrogen) atoms. The lowest BCUT2D eigenvalue weighted by molar-refractivity contribution is -0.141. The second kappa shape index (κ2) is 13.2. The molecular weight excluding hydrogens is 432 g/mol. The van der Waals surface area contributed by atoms with E-state index < -0.39 is 60.2 Å². The SMILES string of the molecule is CCC(C)C(NC(=O)C(N)CC(=O)O)C(=O)NC(Cc1ccccc1)C(=O)NC(C)C(=O)O. The molecule has 5 atom stereocenters. The van der Waals surface area contributed by atoms with E-state index in [4.69, 9.17) is 15.9 Å². The van der Waals surface area contributed by atoms with Crippen LogP contribution in [0, 0.1) is 5.92 Å². The number of carboxylic acid groups (broad SMARTS) is 2. The second-order valence-corrected chi connectivity index (χ2v) is 7.90. The molecule has 0 fully saturated rings. The molecule has 182 valence electrons. The summed E-state index contributed by atoms with van der Waals surface area (Å²) in [5, 5.41) is 25.3. The van der Waals surface area contributed by atoms with Gasteiger partial charge in [0.2, 0.25) is 17.7 Å². The smallest absolute Gasteiger partial charge is 0.325 e. The molecule has 0 aliphatic carbocycles. The van der Waals surface area contributed by atoms with Crippen LogP contribution < -0.4 is 21.7 Å². The predicted octanol–water partition coefficient (Wildman–Crippen LogP) is -0.364. The van der Waals surface area contributed by atoms with E-state index in [0.29, 0.717) is 6.42 Å². The Morgan fingerprint density at radius 2 is 1.52 bits per heavy atom. The third-order valence-corrected chi connectivity index (χ3v) is 5.17. The van der Waals surface area contributed by atoms with Gasteiger partial charge in [0, 0.05) is 6.42 Å². The lowest BCUT2D eigenvalue weighted by Crippen LogP contribution is -2.59. The number of hydrogen-bond donors (Lipinski definition) is 6. The zero-order valence-corrected chi connectivity index (χ0v) is 18.9. The Hall–Kier alpha value is -3.47. The maximum absolute atomic E-state index is 13.1. The van der Waals surface area contributed by atoms with E-state index in [-0.39, 0.29) is 12.3 Å². The van der Waals surface area contributed by atoms with Crippen LogP contribution in [0.5, 0.6) is 0 Å². The zero-order valence-electron chi connectivity index (χ0n) is 18.9. The highest BCUT2D eigenvalue weighted by Gasteiger charge is 2.32. The van der Waals surface area contributed by atoms with Gasteiger partial charge in [-0.2, -0.15) is 0 Å². The van der Waals surface area contributed by atoms with Gasteiger partial charge >= 0.3 is 11.9 Å². The highest BCUT2D eigenvalue weighted by Crippen LogP contribution is 2.11. The average Bonchev–Trinajstić information content (AvgIpc) is 2.76. The van der Waals surface area contributed by atoms with Gasteiger partial charge in [0.25, 0.3) is 0 Å². The van der Waals surface area contributed by atoms with Crippen LogP contribution >= 0.6 is 0 Å². The predicted molar refractivity (Wildman–Crippen MR) is 119 cm³/mol. The lowest BCUT2D eigenvalue weighted by atomic mass is 9.96. The van der Waals surface area contributed by atoms with Crippen LogP contribution in [-0.4, -0.2) is 64.0 Å². The summed E-state index contributed by atoms with van der Waals surface area (Å²) >= 11 is 0. The van der Waals surface area contributed by atoms with Gasteiger partial charge in [-0.05, 0) is 18.4 Å². The summed E-state index contributed by atoms with van der Waals surface area (Å²) in [6, 6.07) is 4.11. The summed E-state index contributed by atoms with van der Waals surface area (Å²) in [7, 11) is 0. The molecular formula is C22H32N4O7. The summed E-state index contributed by atoms with van der Waals surface area (Å²) in [6.45, 7) is 4.82. The number of hydrogen-bond acceptors (Lipinski definition) is 6. The van der Waals surface area contributed by atoms with Gasteiger partial charge < -0.3 is 31.9 Å². The van der Waals surface area contributed by atoms with Crippen molar-refractivity contribution in [3.63, 3.8) is 0 Å². The van der Waals surface area contributed by atoms with Crippen LogP contribution in [0.25, 0.3) is 0 Å². The number of nitrogens with one attached hydrogen (secondary N) is 3. The first kappa shape index (κ1) is 27.6. The lowest BCUT2D eigenvalue weighted by Gasteiger charge is -2.27. The Labute approximate surface area is 192 Å². The number of benzene rings is 1. The van der Waals surface area contributed by atoms with Gasteiger partial charge in [0.15, 0.2) is 0 Å². The quantitative estimate of drug-likeness (QED) is 0.228. The van der Waals surface area contributed by atoms with Gasteiger partial charge in [-0.1, -0.05) is 50.6 Å². The first-order chi connectivity index (χ1) is 15.5. The normalized spacial score (nSPS) is 15.3. The number of carbonyl (C=O) groups excluding carboxylic acids is 3. The number of aliphatic carboxylic acids is 2. The number of nitrogens with two attached hydrogens (primary N) is 1. The molecule has 0 radical (unpaired) electrons. The molecule has 0 aromatic heterocycles. The summed E-state index contributed by atoms with van der Waals surface area (Å²) in [5.41, 5.74) is 6.33. The third-order valence-electron chi connectivity index (χ3n) is 5.17. The van der Waals surface area contributed by atoms with Crippen molar-refractivity contribution >= 4 is 29.7 Å². The first-order valence-electron chi connectivity index (χ1n) is 10.6. The molecule has 11 nitrogen and oxygen atoms in total. The van der Waals surface area contributed by atoms with Gasteiger partial charge in [0.1, 0.15) is 18.1 Å². The molecule has 5 unspecified atom stereocenters. The summed E-state index contributed by atoms with van der Waals surface area (Å²) < 4.78 is 0. The Morgan fingerprint density at radius 3 is 2.03 bits per heavy atom. The highest BCUT2D eigenvalue weighted by molar-refractivity contribution is 5.95. The third kappa shape index (κ3) is 9.27.